The van der Waals surface area contributed by atoms with Gasteiger partial charge in [0.2, 0.25) is 0 Å². The summed E-state index contributed by atoms with van der Waals surface area (Å²) in [5.41, 5.74) is 12.0. The number of hydrogen-bond donors (Lipinski definition) is 2. The molecule has 1 aliphatic heterocycles. The highest BCUT2D eigenvalue weighted by atomic mass is 35.5. The van der Waals surface area contributed by atoms with Crippen molar-refractivity contribution in [2.24, 2.45) is 10.7 Å². The molecule has 0 spiro atoms. The molecule has 5 heteroatoms. The molecule has 0 fully saturated rings. The predicted molar refractivity (Wildman–Crippen MR) is 98.1 cm³/mol. The number of benzene rings is 2. The molecule has 0 unspecified atom stereocenters. The van der Waals surface area contributed by atoms with Crippen molar-refractivity contribution < 1.29 is 4.74 Å². The molecule has 0 atom stereocenters. The first-order chi connectivity index (χ1) is 11.7. The van der Waals surface area contributed by atoms with Crippen LogP contribution in [0, 0.1) is 0 Å². The Kier molecular flexibility index (Phi) is 4.07. The van der Waals surface area contributed by atoms with Gasteiger partial charge in [-0.05, 0) is 60.2 Å². The number of nitrogens with two attached hydrogens (primary N) is 1. The number of ether oxygens (including phenoxy) is 1. The fourth-order valence-corrected chi connectivity index (χ4v) is 3.73. The van der Waals surface area contributed by atoms with Crippen molar-refractivity contribution in [3.63, 3.8) is 0 Å². The van der Waals surface area contributed by atoms with Gasteiger partial charge in [-0.1, -0.05) is 17.7 Å². The van der Waals surface area contributed by atoms with Crippen LogP contribution in [0.3, 0.4) is 0 Å². The Morgan fingerprint density at radius 1 is 1.12 bits per heavy atom. The average molecular weight is 342 g/mol. The lowest BCUT2D eigenvalue weighted by molar-refractivity contribution is 0.353. The summed E-state index contributed by atoms with van der Waals surface area (Å²) in [7, 11) is 0. The lowest BCUT2D eigenvalue weighted by Gasteiger charge is -2.09. The van der Waals surface area contributed by atoms with Gasteiger partial charge in [-0.25, -0.2) is 4.99 Å². The predicted octanol–water partition coefficient (Wildman–Crippen LogP) is 3.69. The number of nitrogens with zero attached hydrogens (tertiary/aromatic N) is 1. The number of rotatable bonds is 3. The third-order valence-electron chi connectivity index (χ3n) is 4.62. The lowest BCUT2D eigenvalue weighted by Crippen LogP contribution is -2.22. The van der Waals surface area contributed by atoms with Crippen LogP contribution in [0.1, 0.15) is 28.7 Å². The number of hydrogen-bond acceptors (Lipinski definition) is 2. The Balaban J connectivity index is 1.48. The molecule has 2 aliphatic rings. The van der Waals surface area contributed by atoms with Gasteiger partial charge in [-0.15, -0.1) is 0 Å². The van der Waals surface area contributed by atoms with Gasteiger partial charge in [-0.3, -0.25) is 0 Å². The first-order valence-electron chi connectivity index (χ1n) is 8.32. The number of fused-ring (bicyclic) bond motifs is 2. The van der Waals surface area contributed by atoms with Crippen LogP contribution in [-0.2, 0) is 25.8 Å². The van der Waals surface area contributed by atoms with Crippen molar-refractivity contribution in [1.82, 2.24) is 0 Å². The minimum absolute atomic E-state index is 0.402. The van der Waals surface area contributed by atoms with Crippen molar-refractivity contribution >= 4 is 23.2 Å². The third-order valence-corrected chi connectivity index (χ3v) is 4.83. The maximum Gasteiger partial charge on any atom is 0.193 e. The van der Waals surface area contributed by atoms with Gasteiger partial charge < -0.3 is 15.8 Å². The SMILES string of the molecule is NC(=NCc1cc(Cl)cc2c1OCC2)Nc1ccc2c(c1)CCC2. The van der Waals surface area contributed by atoms with Crippen LogP contribution in [0.2, 0.25) is 5.02 Å². The minimum Gasteiger partial charge on any atom is -0.493 e. The van der Waals surface area contributed by atoms with E-state index in [1.807, 2.05) is 12.1 Å². The van der Waals surface area contributed by atoms with E-state index in [2.05, 4.69) is 28.5 Å². The van der Waals surface area contributed by atoms with Crippen LogP contribution >= 0.6 is 11.6 Å². The summed E-state index contributed by atoms with van der Waals surface area (Å²) in [4.78, 5) is 4.45. The number of anilines is 1. The molecule has 0 radical (unpaired) electrons. The van der Waals surface area contributed by atoms with E-state index in [1.165, 1.54) is 24.0 Å². The van der Waals surface area contributed by atoms with Crippen molar-refractivity contribution in [2.45, 2.75) is 32.2 Å². The van der Waals surface area contributed by atoms with E-state index in [9.17, 15) is 0 Å². The molecule has 1 heterocycles. The quantitative estimate of drug-likeness (QED) is 0.661. The van der Waals surface area contributed by atoms with Gasteiger partial charge in [0.05, 0.1) is 13.2 Å². The molecule has 4 rings (SSSR count). The molecule has 124 valence electrons. The standard InChI is InChI=1S/C19H20ClN3O/c20-16-8-14-6-7-24-18(14)15(9-16)11-22-19(21)23-17-5-4-12-2-1-3-13(12)10-17/h4-5,8-10H,1-3,6-7,11H2,(H3,21,22,23). The zero-order valence-corrected chi connectivity index (χ0v) is 14.2. The number of guanidine groups is 1. The van der Waals surface area contributed by atoms with Crippen LogP contribution in [0.5, 0.6) is 5.75 Å². The monoisotopic (exact) mass is 341 g/mol. The molecule has 0 saturated carbocycles. The number of nitrogens with one attached hydrogen (secondary N) is 1. The van der Waals surface area contributed by atoms with Crippen molar-refractivity contribution in [1.29, 1.82) is 0 Å². The van der Waals surface area contributed by atoms with Crippen LogP contribution in [-0.4, -0.2) is 12.6 Å². The van der Waals surface area contributed by atoms with Gasteiger partial charge in [0.15, 0.2) is 5.96 Å². The highest BCUT2D eigenvalue weighted by Crippen LogP contribution is 2.33. The van der Waals surface area contributed by atoms with E-state index in [4.69, 9.17) is 22.1 Å². The molecule has 0 saturated heterocycles. The molecule has 2 aromatic carbocycles. The molecule has 0 bridgehead atoms. The molecular weight excluding hydrogens is 322 g/mol. The molecule has 24 heavy (non-hydrogen) atoms. The van der Waals surface area contributed by atoms with E-state index in [1.54, 1.807) is 0 Å². The fraction of sp³-hybridized carbons (Fsp3) is 0.316. The zero-order valence-electron chi connectivity index (χ0n) is 13.4. The van der Waals surface area contributed by atoms with Crippen LogP contribution in [0.4, 0.5) is 5.69 Å². The Morgan fingerprint density at radius 3 is 2.92 bits per heavy atom. The summed E-state index contributed by atoms with van der Waals surface area (Å²) in [5, 5.41) is 3.90. The molecule has 0 amide bonds. The topological polar surface area (TPSA) is 59.6 Å². The minimum atomic E-state index is 0.402. The second-order valence-electron chi connectivity index (χ2n) is 6.32. The molecule has 0 aromatic heterocycles. The molecule has 1 aliphatic carbocycles. The summed E-state index contributed by atoms with van der Waals surface area (Å²) in [5.74, 6) is 1.31. The van der Waals surface area contributed by atoms with Crippen molar-refractivity contribution in [3.8, 4) is 5.75 Å². The number of halogens is 1. The Morgan fingerprint density at radius 2 is 2.00 bits per heavy atom. The summed E-state index contributed by atoms with van der Waals surface area (Å²) in [6, 6.07) is 10.3. The van der Waals surface area contributed by atoms with Gasteiger partial charge in [-0.2, -0.15) is 0 Å². The van der Waals surface area contributed by atoms with E-state index in [0.29, 0.717) is 19.1 Å². The summed E-state index contributed by atoms with van der Waals surface area (Å²) >= 11 is 6.18. The Labute approximate surface area is 146 Å². The first kappa shape index (κ1) is 15.3. The maximum atomic E-state index is 6.18. The Hall–Kier alpha value is -2.20. The van der Waals surface area contributed by atoms with Crippen molar-refractivity contribution in [2.75, 3.05) is 11.9 Å². The van der Waals surface area contributed by atoms with E-state index in [-0.39, 0.29) is 0 Å². The number of aryl methyl sites for hydroxylation is 2. The second kappa shape index (κ2) is 6.36. The van der Waals surface area contributed by atoms with E-state index in [0.717, 1.165) is 40.4 Å². The van der Waals surface area contributed by atoms with Crippen LogP contribution in [0.25, 0.3) is 0 Å². The summed E-state index contributed by atoms with van der Waals surface area (Å²) in [6.45, 7) is 1.15. The van der Waals surface area contributed by atoms with Gasteiger partial charge in [0, 0.05) is 22.7 Å². The number of aliphatic imine (C=N–C) groups is 1. The maximum absolute atomic E-state index is 6.18. The van der Waals surface area contributed by atoms with Gasteiger partial charge in [0.25, 0.3) is 0 Å². The zero-order chi connectivity index (χ0) is 16.5. The van der Waals surface area contributed by atoms with Gasteiger partial charge >= 0.3 is 0 Å². The summed E-state index contributed by atoms with van der Waals surface area (Å²) < 4.78 is 5.70. The van der Waals surface area contributed by atoms with E-state index < -0.39 is 0 Å². The molecule has 2 aromatic rings. The lowest BCUT2D eigenvalue weighted by atomic mass is 10.1. The fourth-order valence-electron chi connectivity index (χ4n) is 3.47. The third kappa shape index (κ3) is 3.06. The largest absolute Gasteiger partial charge is 0.493 e. The smallest absolute Gasteiger partial charge is 0.193 e. The van der Waals surface area contributed by atoms with Crippen molar-refractivity contribution in [3.05, 3.63) is 57.6 Å². The normalized spacial score (nSPS) is 15.8. The van der Waals surface area contributed by atoms with Crippen LogP contribution < -0.4 is 15.8 Å². The van der Waals surface area contributed by atoms with Crippen LogP contribution in [0.15, 0.2) is 35.3 Å². The average Bonchev–Trinajstić information content (AvgIpc) is 3.20. The Bertz CT molecular complexity index is 816. The first-order valence-corrected chi connectivity index (χ1v) is 8.70. The van der Waals surface area contributed by atoms with Gasteiger partial charge in [0.1, 0.15) is 5.75 Å². The molecule has 4 nitrogen and oxygen atoms in total. The second-order valence-corrected chi connectivity index (χ2v) is 6.75. The summed E-state index contributed by atoms with van der Waals surface area (Å²) in [6.07, 6.45) is 4.46. The van der Waals surface area contributed by atoms with E-state index >= 15 is 0 Å². The highest BCUT2D eigenvalue weighted by Gasteiger charge is 2.17. The molecule has 3 N–H and O–H groups in total. The molecular formula is C19H20ClN3O. The highest BCUT2D eigenvalue weighted by molar-refractivity contribution is 6.30.